The Kier molecular flexibility index (Phi) is 6.15. The molecule has 0 radical (unpaired) electrons. The number of amides is 1. The molecule has 1 aromatic heterocycles. The summed E-state index contributed by atoms with van der Waals surface area (Å²) in [5.41, 5.74) is 1.19. The average Bonchev–Trinajstić information content (AvgIpc) is 2.42. The van der Waals surface area contributed by atoms with Crippen LogP contribution in [-0.2, 0) is 4.79 Å². The van der Waals surface area contributed by atoms with Crippen LogP contribution in [0.5, 0.6) is 0 Å². The number of nitrogens with zero attached hydrogens (tertiary/aromatic N) is 2. The molecule has 5 nitrogen and oxygen atoms in total. The van der Waals surface area contributed by atoms with Crippen molar-refractivity contribution in [2.45, 2.75) is 33.6 Å². The fourth-order valence-electron chi connectivity index (χ4n) is 1.88. The van der Waals surface area contributed by atoms with Crippen LogP contribution in [0.3, 0.4) is 0 Å². The lowest BCUT2D eigenvalue weighted by Crippen LogP contribution is -2.36. The van der Waals surface area contributed by atoms with Crippen molar-refractivity contribution in [3.8, 4) is 0 Å². The van der Waals surface area contributed by atoms with E-state index in [-0.39, 0.29) is 23.5 Å². The number of hydrogen-bond acceptors (Lipinski definition) is 3. The SMILES string of the molecule is CCN(CC(C)C(=O)O)C(=O)c1cc(Cl)nc(C(C)C)c1. The molecular formula is C15H21ClN2O3. The van der Waals surface area contributed by atoms with Crippen LogP contribution in [0, 0.1) is 5.92 Å². The first-order valence-corrected chi connectivity index (χ1v) is 7.33. The van der Waals surface area contributed by atoms with Gasteiger partial charge in [0, 0.05) is 24.3 Å². The van der Waals surface area contributed by atoms with Gasteiger partial charge in [0.15, 0.2) is 0 Å². The van der Waals surface area contributed by atoms with E-state index in [2.05, 4.69) is 4.98 Å². The quantitative estimate of drug-likeness (QED) is 0.820. The van der Waals surface area contributed by atoms with Gasteiger partial charge in [-0.3, -0.25) is 9.59 Å². The molecule has 0 saturated heterocycles. The maximum atomic E-state index is 12.5. The highest BCUT2D eigenvalue weighted by molar-refractivity contribution is 6.29. The number of hydrogen-bond donors (Lipinski definition) is 1. The second-order valence-electron chi connectivity index (χ2n) is 5.34. The van der Waals surface area contributed by atoms with Gasteiger partial charge in [-0.25, -0.2) is 4.98 Å². The van der Waals surface area contributed by atoms with Gasteiger partial charge in [0.25, 0.3) is 5.91 Å². The van der Waals surface area contributed by atoms with Gasteiger partial charge in [0.1, 0.15) is 5.15 Å². The lowest BCUT2D eigenvalue weighted by molar-refractivity contribution is -0.141. The summed E-state index contributed by atoms with van der Waals surface area (Å²) in [6, 6.07) is 3.23. The number of carbonyl (C=O) groups excluding carboxylic acids is 1. The topological polar surface area (TPSA) is 70.5 Å². The van der Waals surface area contributed by atoms with Crippen molar-refractivity contribution < 1.29 is 14.7 Å². The number of pyridine rings is 1. The molecule has 1 heterocycles. The van der Waals surface area contributed by atoms with Crippen molar-refractivity contribution in [3.63, 3.8) is 0 Å². The van der Waals surface area contributed by atoms with Gasteiger partial charge in [0.2, 0.25) is 0 Å². The molecule has 0 aliphatic heterocycles. The number of aliphatic carboxylic acids is 1. The van der Waals surface area contributed by atoms with Crippen LogP contribution >= 0.6 is 11.6 Å². The van der Waals surface area contributed by atoms with Crippen LogP contribution < -0.4 is 0 Å². The minimum Gasteiger partial charge on any atom is -0.481 e. The number of carbonyl (C=O) groups is 2. The van der Waals surface area contributed by atoms with E-state index in [0.29, 0.717) is 12.1 Å². The summed E-state index contributed by atoms with van der Waals surface area (Å²) >= 11 is 5.97. The van der Waals surface area contributed by atoms with Gasteiger partial charge in [-0.15, -0.1) is 0 Å². The summed E-state index contributed by atoms with van der Waals surface area (Å²) in [6.07, 6.45) is 0. The Hall–Kier alpha value is -1.62. The minimum atomic E-state index is -0.920. The normalized spacial score (nSPS) is 12.3. The molecule has 0 aliphatic rings. The maximum absolute atomic E-state index is 12.5. The predicted octanol–water partition coefficient (Wildman–Crippen LogP) is 3.04. The summed E-state index contributed by atoms with van der Waals surface area (Å²) in [5, 5.41) is 9.24. The first kappa shape index (κ1) is 17.4. The van der Waals surface area contributed by atoms with Crippen molar-refractivity contribution in [1.82, 2.24) is 9.88 Å². The van der Waals surface area contributed by atoms with Crippen molar-refractivity contribution in [3.05, 3.63) is 28.5 Å². The smallest absolute Gasteiger partial charge is 0.308 e. The fraction of sp³-hybridized carbons (Fsp3) is 0.533. The molecule has 6 heteroatoms. The highest BCUT2D eigenvalue weighted by Crippen LogP contribution is 2.19. The lowest BCUT2D eigenvalue weighted by Gasteiger charge is -2.23. The zero-order valence-corrected chi connectivity index (χ0v) is 13.5. The van der Waals surface area contributed by atoms with Gasteiger partial charge >= 0.3 is 5.97 Å². The fourth-order valence-corrected chi connectivity index (χ4v) is 2.10. The number of halogens is 1. The number of rotatable bonds is 6. The average molecular weight is 313 g/mol. The molecule has 0 fully saturated rings. The molecule has 0 saturated carbocycles. The number of carboxylic acids is 1. The molecule has 21 heavy (non-hydrogen) atoms. The van der Waals surface area contributed by atoms with Crippen molar-refractivity contribution in [2.24, 2.45) is 5.92 Å². The summed E-state index contributed by atoms with van der Waals surface area (Å²) in [7, 11) is 0. The second kappa shape index (κ2) is 7.41. The Morgan fingerprint density at radius 1 is 1.33 bits per heavy atom. The Labute approximate surface area is 129 Å². The molecular weight excluding hydrogens is 292 g/mol. The molecule has 1 atom stereocenters. The third-order valence-corrected chi connectivity index (χ3v) is 3.43. The van der Waals surface area contributed by atoms with E-state index < -0.39 is 11.9 Å². The first-order valence-electron chi connectivity index (χ1n) is 6.95. The summed E-state index contributed by atoms with van der Waals surface area (Å²) in [6.45, 7) is 7.94. The Morgan fingerprint density at radius 3 is 2.43 bits per heavy atom. The van der Waals surface area contributed by atoms with E-state index in [1.165, 1.54) is 11.0 Å². The molecule has 1 rings (SSSR count). The summed E-state index contributed by atoms with van der Waals surface area (Å²) in [4.78, 5) is 29.1. The summed E-state index contributed by atoms with van der Waals surface area (Å²) < 4.78 is 0. The van der Waals surface area contributed by atoms with E-state index >= 15 is 0 Å². The molecule has 1 amide bonds. The van der Waals surface area contributed by atoms with E-state index in [1.54, 1.807) is 13.0 Å². The number of carboxylic acid groups (broad SMARTS) is 1. The van der Waals surface area contributed by atoms with Gasteiger partial charge in [-0.05, 0) is 25.0 Å². The van der Waals surface area contributed by atoms with Crippen LogP contribution in [-0.4, -0.2) is 40.0 Å². The second-order valence-corrected chi connectivity index (χ2v) is 5.73. The minimum absolute atomic E-state index is 0.156. The largest absolute Gasteiger partial charge is 0.481 e. The van der Waals surface area contributed by atoms with Crippen LogP contribution in [0.2, 0.25) is 5.15 Å². The molecule has 1 unspecified atom stereocenters. The standard InChI is InChI=1S/C15H21ClN2O3/c1-5-18(8-10(4)15(20)21)14(19)11-6-12(9(2)3)17-13(16)7-11/h6-7,9-10H,5,8H2,1-4H3,(H,20,21). The van der Waals surface area contributed by atoms with Crippen LogP contribution in [0.1, 0.15) is 49.7 Å². The lowest BCUT2D eigenvalue weighted by atomic mass is 10.1. The van der Waals surface area contributed by atoms with E-state index in [0.717, 1.165) is 5.69 Å². The van der Waals surface area contributed by atoms with Crippen molar-refractivity contribution >= 4 is 23.5 Å². The molecule has 0 bridgehead atoms. The molecule has 0 aromatic carbocycles. The van der Waals surface area contributed by atoms with Crippen molar-refractivity contribution in [2.75, 3.05) is 13.1 Å². The Bertz CT molecular complexity index is 532. The summed E-state index contributed by atoms with van der Waals surface area (Å²) in [5.74, 6) is -1.60. The molecule has 116 valence electrons. The van der Waals surface area contributed by atoms with E-state index in [1.807, 2.05) is 20.8 Å². The molecule has 1 N–H and O–H groups in total. The van der Waals surface area contributed by atoms with Gasteiger partial charge < -0.3 is 10.0 Å². The Balaban J connectivity index is 3.02. The van der Waals surface area contributed by atoms with E-state index in [4.69, 9.17) is 16.7 Å². The van der Waals surface area contributed by atoms with E-state index in [9.17, 15) is 9.59 Å². The predicted molar refractivity (Wildman–Crippen MR) is 81.7 cm³/mol. The zero-order chi connectivity index (χ0) is 16.2. The molecule has 0 aliphatic carbocycles. The zero-order valence-electron chi connectivity index (χ0n) is 12.8. The first-order chi connectivity index (χ1) is 9.76. The molecule has 1 aromatic rings. The van der Waals surface area contributed by atoms with Crippen molar-refractivity contribution in [1.29, 1.82) is 0 Å². The monoisotopic (exact) mass is 312 g/mol. The third kappa shape index (κ3) is 4.70. The highest BCUT2D eigenvalue weighted by atomic mass is 35.5. The van der Waals surface area contributed by atoms with Crippen LogP contribution in [0.25, 0.3) is 0 Å². The van der Waals surface area contributed by atoms with Crippen LogP contribution in [0.15, 0.2) is 12.1 Å². The maximum Gasteiger partial charge on any atom is 0.308 e. The van der Waals surface area contributed by atoms with Crippen LogP contribution in [0.4, 0.5) is 0 Å². The number of aromatic nitrogens is 1. The van der Waals surface area contributed by atoms with Gasteiger partial charge in [-0.2, -0.15) is 0 Å². The van der Waals surface area contributed by atoms with Gasteiger partial charge in [-0.1, -0.05) is 32.4 Å². The highest BCUT2D eigenvalue weighted by Gasteiger charge is 2.21. The third-order valence-electron chi connectivity index (χ3n) is 3.24. The molecule has 0 spiro atoms. The van der Waals surface area contributed by atoms with Gasteiger partial charge in [0.05, 0.1) is 5.92 Å². The Morgan fingerprint density at radius 2 is 1.95 bits per heavy atom.